The van der Waals surface area contributed by atoms with Crippen LogP contribution in [0.1, 0.15) is 57.1 Å². The molecule has 0 spiro atoms. The number of nitrogens with one attached hydrogen (secondary N) is 1. The van der Waals surface area contributed by atoms with Crippen molar-refractivity contribution in [3.8, 4) is 0 Å². The van der Waals surface area contributed by atoms with Crippen molar-refractivity contribution in [1.29, 1.82) is 0 Å². The van der Waals surface area contributed by atoms with Crippen molar-refractivity contribution in [3.05, 3.63) is 41.5 Å². The highest BCUT2D eigenvalue weighted by Crippen LogP contribution is 2.29. The van der Waals surface area contributed by atoms with Crippen LogP contribution >= 0.6 is 0 Å². The van der Waals surface area contributed by atoms with Crippen LogP contribution in [0, 0.1) is 0 Å². The van der Waals surface area contributed by atoms with Gasteiger partial charge >= 0.3 is 0 Å². The summed E-state index contributed by atoms with van der Waals surface area (Å²) in [5, 5.41) is 3.68. The van der Waals surface area contributed by atoms with Crippen LogP contribution in [0.5, 0.6) is 0 Å². The van der Waals surface area contributed by atoms with Gasteiger partial charge in [-0.2, -0.15) is 0 Å². The Morgan fingerprint density at radius 3 is 2.43 bits per heavy atom. The fraction of sp³-hybridized carbons (Fsp3) is 0.579. The van der Waals surface area contributed by atoms with E-state index >= 15 is 0 Å². The van der Waals surface area contributed by atoms with E-state index in [9.17, 15) is 0 Å². The highest BCUT2D eigenvalue weighted by atomic mass is 15.1. The highest BCUT2D eigenvalue weighted by Gasteiger charge is 2.16. The van der Waals surface area contributed by atoms with Gasteiger partial charge in [0.25, 0.3) is 0 Å². The Labute approximate surface area is 130 Å². The summed E-state index contributed by atoms with van der Waals surface area (Å²) in [5.41, 5.74) is 4.25. The van der Waals surface area contributed by atoms with Crippen LogP contribution in [0.15, 0.2) is 35.9 Å². The van der Waals surface area contributed by atoms with Crippen LogP contribution in [0.2, 0.25) is 0 Å². The summed E-state index contributed by atoms with van der Waals surface area (Å²) in [5.74, 6) is 0. The molecule has 1 aromatic carbocycles. The number of likely N-dealkylation sites (N-methyl/N-ethyl adjacent to an activating group) is 1. The average molecular weight is 286 g/mol. The molecule has 0 saturated carbocycles. The fourth-order valence-corrected chi connectivity index (χ4v) is 3.11. The van der Waals surface area contributed by atoms with E-state index in [1.165, 1.54) is 49.8 Å². The van der Waals surface area contributed by atoms with Crippen LogP contribution in [0.4, 0.5) is 5.69 Å². The lowest BCUT2D eigenvalue weighted by atomic mass is 9.91. The third kappa shape index (κ3) is 4.60. The summed E-state index contributed by atoms with van der Waals surface area (Å²) >= 11 is 0. The smallest absolute Gasteiger partial charge is 0.0535 e. The molecule has 1 aliphatic rings. The minimum Gasteiger partial charge on any atom is -0.378 e. The molecule has 1 unspecified atom stereocenters. The van der Waals surface area contributed by atoms with Crippen LogP contribution in [0.3, 0.4) is 0 Å². The Hall–Kier alpha value is -1.28. The number of allylic oxidation sites excluding steroid dienone is 1. The zero-order valence-corrected chi connectivity index (χ0v) is 13.9. The third-order valence-corrected chi connectivity index (χ3v) is 4.35. The molecule has 116 valence electrons. The molecular weight excluding hydrogens is 256 g/mol. The molecule has 2 nitrogen and oxygen atoms in total. The SMILES string of the molecule is CCNC(/C1=C/CCCCCC1)c1ccc(N(C)C)cc1. The molecule has 0 heterocycles. The first kappa shape index (κ1) is 16.1. The lowest BCUT2D eigenvalue weighted by Gasteiger charge is -2.24. The first-order chi connectivity index (χ1) is 10.2. The average Bonchev–Trinajstić information content (AvgIpc) is 2.45. The predicted molar refractivity (Wildman–Crippen MR) is 93.0 cm³/mol. The first-order valence-corrected chi connectivity index (χ1v) is 8.42. The predicted octanol–water partition coefficient (Wildman–Crippen LogP) is 4.68. The molecular formula is C19H30N2. The standard InChI is InChI=1S/C19H30N2/c1-4-20-19(16-10-8-6-5-7-9-11-16)17-12-14-18(15-13-17)21(2)3/h10,12-15,19-20H,4-9,11H2,1-3H3/b16-10+. The Balaban J connectivity index is 2.20. The zero-order valence-electron chi connectivity index (χ0n) is 13.9. The summed E-state index contributed by atoms with van der Waals surface area (Å²) in [7, 11) is 4.18. The maximum atomic E-state index is 3.68. The van der Waals surface area contributed by atoms with Gasteiger partial charge in [-0.1, -0.05) is 43.5 Å². The number of hydrogen-bond acceptors (Lipinski definition) is 2. The molecule has 0 aromatic heterocycles. The summed E-state index contributed by atoms with van der Waals surface area (Å²) < 4.78 is 0. The van der Waals surface area contributed by atoms with Gasteiger partial charge in [0, 0.05) is 19.8 Å². The van der Waals surface area contributed by atoms with E-state index < -0.39 is 0 Å². The van der Waals surface area contributed by atoms with Gasteiger partial charge in [-0.3, -0.25) is 0 Å². The molecule has 1 atom stereocenters. The third-order valence-electron chi connectivity index (χ3n) is 4.35. The molecule has 1 aliphatic carbocycles. The largest absolute Gasteiger partial charge is 0.378 e. The molecule has 0 amide bonds. The number of nitrogens with zero attached hydrogens (tertiary/aromatic N) is 1. The van der Waals surface area contributed by atoms with Crippen molar-refractivity contribution in [1.82, 2.24) is 5.32 Å². The van der Waals surface area contributed by atoms with Crippen molar-refractivity contribution >= 4 is 5.69 Å². The van der Waals surface area contributed by atoms with Crippen LogP contribution in [0.25, 0.3) is 0 Å². The van der Waals surface area contributed by atoms with E-state index in [1.807, 2.05) is 0 Å². The van der Waals surface area contributed by atoms with E-state index in [1.54, 1.807) is 5.57 Å². The molecule has 0 radical (unpaired) electrons. The molecule has 2 heteroatoms. The van der Waals surface area contributed by atoms with E-state index in [-0.39, 0.29) is 0 Å². The van der Waals surface area contributed by atoms with E-state index in [4.69, 9.17) is 0 Å². The van der Waals surface area contributed by atoms with Crippen LogP contribution < -0.4 is 10.2 Å². The van der Waals surface area contributed by atoms with Gasteiger partial charge in [0.05, 0.1) is 6.04 Å². The second-order valence-corrected chi connectivity index (χ2v) is 6.21. The quantitative estimate of drug-likeness (QED) is 0.790. The summed E-state index contributed by atoms with van der Waals surface area (Å²) in [6.45, 7) is 3.21. The molecule has 21 heavy (non-hydrogen) atoms. The van der Waals surface area contributed by atoms with Crippen LogP contribution in [-0.4, -0.2) is 20.6 Å². The van der Waals surface area contributed by atoms with Crippen molar-refractivity contribution in [3.63, 3.8) is 0 Å². The van der Waals surface area contributed by atoms with Gasteiger partial charge in [-0.15, -0.1) is 0 Å². The highest BCUT2D eigenvalue weighted by molar-refractivity contribution is 5.47. The lowest BCUT2D eigenvalue weighted by molar-refractivity contribution is 0.554. The van der Waals surface area contributed by atoms with Crippen molar-refractivity contribution in [2.24, 2.45) is 0 Å². The van der Waals surface area contributed by atoms with Gasteiger partial charge < -0.3 is 10.2 Å². The first-order valence-electron chi connectivity index (χ1n) is 8.42. The summed E-state index contributed by atoms with van der Waals surface area (Å²) in [6, 6.07) is 9.40. The van der Waals surface area contributed by atoms with Gasteiger partial charge in [0.15, 0.2) is 0 Å². The fourth-order valence-electron chi connectivity index (χ4n) is 3.11. The molecule has 0 bridgehead atoms. The minimum atomic E-state index is 0.393. The van der Waals surface area contributed by atoms with Crippen molar-refractivity contribution in [2.75, 3.05) is 25.5 Å². The van der Waals surface area contributed by atoms with Gasteiger partial charge in [-0.25, -0.2) is 0 Å². The molecule has 0 saturated heterocycles. The van der Waals surface area contributed by atoms with Crippen LogP contribution in [-0.2, 0) is 0 Å². The molecule has 0 aliphatic heterocycles. The maximum Gasteiger partial charge on any atom is 0.0535 e. The lowest BCUT2D eigenvalue weighted by Crippen LogP contribution is -2.23. The Bertz CT molecular complexity index is 445. The normalized spacial score (nSPS) is 20.0. The molecule has 1 N–H and O–H groups in total. The van der Waals surface area contributed by atoms with E-state index in [0.717, 1.165) is 6.54 Å². The number of hydrogen-bond donors (Lipinski definition) is 1. The van der Waals surface area contributed by atoms with Crippen molar-refractivity contribution in [2.45, 2.75) is 51.5 Å². The van der Waals surface area contributed by atoms with Crippen molar-refractivity contribution < 1.29 is 0 Å². The Morgan fingerprint density at radius 1 is 1.05 bits per heavy atom. The second kappa shape index (κ2) is 8.23. The number of benzene rings is 1. The van der Waals surface area contributed by atoms with Gasteiger partial charge in [-0.05, 0) is 49.9 Å². The molecule has 1 aromatic rings. The molecule has 0 fully saturated rings. The second-order valence-electron chi connectivity index (χ2n) is 6.21. The van der Waals surface area contributed by atoms with Gasteiger partial charge in [0.1, 0.15) is 0 Å². The maximum absolute atomic E-state index is 3.68. The summed E-state index contributed by atoms with van der Waals surface area (Å²) in [6.07, 6.45) is 10.4. The van der Waals surface area contributed by atoms with E-state index in [2.05, 4.69) is 61.6 Å². The monoisotopic (exact) mass is 286 g/mol. The van der Waals surface area contributed by atoms with E-state index in [0.29, 0.717) is 6.04 Å². The zero-order chi connectivity index (χ0) is 15.1. The number of anilines is 1. The Kier molecular flexibility index (Phi) is 6.31. The summed E-state index contributed by atoms with van der Waals surface area (Å²) in [4.78, 5) is 2.15. The Morgan fingerprint density at radius 2 is 1.76 bits per heavy atom. The number of rotatable bonds is 5. The topological polar surface area (TPSA) is 15.3 Å². The van der Waals surface area contributed by atoms with Gasteiger partial charge in [0.2, 0.25) is 0 Å². The molecule has 2 rings (SSSR count). The minimum absolute atomic E-state index is 0.393.